The molecule has 0 heterocycles. The predicted octanol–water partition coefficient (Wildman–Crippen LogP) is 14.6. The summed E-state index contributed by atoms with van der Waals surface area (Å²) in [5.74, 6) is -0.154. The van der Waals surface area contributed by atoms with E-state index in [0.717, 1.165) is 38.5 Å². The van der Waals surface area contributed by atoms with Crippen LogP contribution in [-0.4, -0.2) is 47.8 Å². The van der Waals surface area contributed by atoms with Crippen molar-refractivity contribution < 1.29 is 28.4 Å². The van der Waals surface area contributed by atoms with Crippen LogP contribution < -0.4 is 11.1 Å². The average Bonchev–Trinajstić information content (AvgIpc) is 3.20. The Morgan fingerprint density at radius 3 is 1.12 bits per heavy atom. The second-order valence-electron chi connectivity index (χ2n) is 17.4. The molecule has 0 saturated heterocycles. The SMILES string of the molecule is CCCCCCCCCCCCCCCCCCCCCCCC(=O)NC(COP(=O)(O)OCCN)C(O)CCCCCCCCCCCCCCCCCCC. The number of carbonyl (C=O) groups excluding carboxylic acids is 1. The molecule has 0 aliphatic carbocycles. The number of aliphatic hydroxyl groups is 1. The number of amides is 1. The molecule has 342 valence electrons. The molecule has 0 fully saturated rings. The van der Waals surface area contributed by atoms with Crippen molar-refractivity contribution in [2.45, 2.75) is 283 Å². The molecular formula is C48H99N2O6P. The van der Waals surface area contributed by atoms with Crippen molar-refractivity contribution in [2.24, 2.45) is 5.73 Å². The Bertz CT molecular complexity index is 865. The van der Waals surface area contributed by atoms with E-state index in [1.807, 2.05) is 0 Å². The molecule has 0 saturated carbocycles. The van der Waals surface area contributed by atoms with Gasteiger partial charge in [-0.25, -0.2) is 4.57 Å². The summed E-state index contributed by atoms with van der Waals surface area (Å²) in [6.07, 6.45) is 49.8. The van der Waals surface area contributed by atoms with Crippen LogP contribution in [-0.2, 0) is 18.4 Å². The number of unbranched alkanes of at least 4 members (excludes halogenated alkanes) is 36. The van der Waals surface area contributed by atoms with E-state index in [0.29, 0.717) is 12.8 Å². The van der Waals surface area contributed by atoms with E-state index in [9.17, 15) is 19.4 Å². The van der Waals surface area contributed by atoms with Gasteiger partial charge in [-0.3, -0.25) is 13.8 Å². The fourth-order valence-electron chi connectivity index (χ4n) is 7.90. The summed E-state index contributed by atoms with van der Waals surface area (Å²) in [6, 6.07) is -0.768. The van der Waals surface area contributed by atoms with Gasteiger partial charge in [0.15, 0.2) is 0 Å². The zero-order valence-electron chi connectivity index (χ0n) is 38.1. The monoisotopic (exact) mass is 831 g/mol. The smallest absolute Gasteiger partial charge is 0.391 e. The predicted molar refractivity (Wildman–Crippen MR) is 245 cm³/mol. The number of nitrogens with one attached hydrogen (secondary N) is 1. The minimum absolute atomic E-state index is 0.0928. The average molecular weight is 831 g/mol. The molecule has 0 aromatic carbocycles. The third-order valence-electron chi connectivity index (χ3n) is 11.7. The Hall–Kier alpha value is -0.500. The van der Waals surface area contributed by atoms with Crippen molar-refractivity contribution in [1.29, 1.82) is 0 Å². The minimum Gasteiger partial charge on any atom is -0.391 e. The molecule has 3 atom stereocenters. The zero-order chi connectivity index (χ0) is 41.8. The Morgan fingerprint density at radius 2 is 0.807 bits per heavy atom. The van der Waals surface area contributed by atoms with Gasteiger partial charge in [0, 0.05) is 13.0 Å². The maximum Gasteiger partial charge on any atom is 0.472 e. The summed E-state index contributed by atoms with van der Waals surface area (Å²) in [6.45, 7) is 4.26. The molecule has 0 radical (unpaired) electrons. The van der Waals surface area contributed by atoms with Gasteiger partial charge in [0.1, 0.15) is 0 Å². The van der Waals surface area contributed by atoms with Gasteiger partial charge in [-0.15, -0.1) is 0 Å². The number of carbonyl (C=O) groups is 1. The molecule has 0 rings (SSSR count). The van der Waals surface area contributed by atoms with Crippen molar-refractivity contribution >= 4 is 13.7 Å². The highest BCUT2D eigenvalue weighted by Gasteiger charge is 2.27. The molecule has 0 aliphatic rings. The molecule has 0 aromatic rings. The lowest BCUT2D eigenvalue weighted by Gasteiger charge is -2.25. The number of aliphatic hydroxyl groups excluding tert-OH is 1. The van der Waals surface area contributed by atoms with Crippen LogP contribution in [0.5, 0.6) is 0 Å². The van der Waals surface area contributed by atoms with Crippen molar-refractivity contribution in [3.05, 3.63) is 0 Å². The van der Waals surface area contributed by atoms with Crippen LogP contribution in [0, 0.1) is 0 Å². The zero-order valence-corrected chi connectivity index (χ0v) is 39.0. The van der Waals surface area contributed by atoms with Crippen LogP contribution in [0.1, 0.15) is 271 Å². The molecule has 3 unspecified atom stereocenters. The van der Waals surface area contributed by atoms with Gasteiger partial charge in [-0.2, -0.15) is 0 Å². The first-order chi connectivity index (χ1) is 27.9. The molecule has 0 spiro atoms. The van der Waals surface area contributed by atoms with E-state index in [4.69, 9.17) is 14.8 Å². The number of hydrogen-bond acceptors (Lipinski definition) is 6. The number of phosphoric acid groups is 1. The van der Waals surface area contributed by atoms with Gasteiger partial charge in [0.2, 0.25) is 5.91 Å². The lowest BCUT2D eigenvalue weighted by atomic mass is 10.0. The lowest BCUT2D eigenvalue weighted by Crippen LogP contribution is -2.46. The highest BCUT2D eigenvalue weighted by atomic mass is 31.2. The van der Waals surface area contributed by atoms with Crippen molar-refractivity contribution in [3.63, 3.8) is 0 Å². The van der Waals surface area contributed by atoms with E-state index in [1.54, 1.807) is 0 Å². The fourth-order valence-corrected chi connectivity index (χ4v) is 8.66. The molecular weight excluding hydrogens is 732 g/mol. The van der Waals surface area contributed by atoms with Crippen LogP contribution in [0.4, 0.5) is 0 Å². The van der Waals surface area contributed by atoms with Crippen LogP contribution in [0.25, 0.3) is 0 Å². The number of hydrogen-bond donors (Lipinski definition) is 4. The van der Waals surface area contributed by atoms with E-state index in [-0.39, 0.29) is 25.7 Å². The first kappa shape index (κ1) is 56.5. The van der Waals surface area contributed by atoms with E-state index in [1.165, 1.54) is 205 Å². The van der Waals surface area contributed by atoms with Crippen molar-refractivity contribution in [1.82, 2.24) is 5.32 Å². The van der Waals surface area contributed by atoms with E-state index < -0.39 is 20.0 Å². The first-order valence-corrected chi connectivity index (χ1v) is 26.6. The molecule has 0 aliphatic heterocycles. The Kier molecular flexibility index (Phi) is 44.6. The molecule has 0 bridgehead atoms. The summed E-state index contributed by atoms with van der Waals surface area (Å²) >= 11 is 0. The van der Waals surface area contributed by atoms with Crippen molar-refractivity contribution in [3.8, 4) is 0 Å². The molecule has 9 heteroatoms. The number of nitrogens with two attached hydrogens (primary N) is 1. The summed E-state index contributed by atoms with van der Waals surface area (Å²) in [4.78, 5) is 22.8. The third-order valence-corrected chi connectivity index (χ3v) is 12.7. The van der Waals surface area contributed by atoms with Crippen LogP contribution >= 0.6 is 7.82 Å². The highest BCUT2D eigenvalue weighted by molar-refractivity contribution is 7.47. The standard InChI is InChI=1S/C48H99N2O6P/c1-3-5-7-9-11-13-15-17-19-21-22-23-24-26-28-30-32-34-36-38-40-42-48(52)50-46(45-56-57(53,54)55-44-43-49)47(51)41-39-37-35-33-31-29-27-25-20-18-16-14-12-10-8-6-4-2/h46-47,51H,3-45,49H2,1-2H3,(H,50,52)(H,53,54). The largest absolute Gasteiger partial charge is 0.472 e. The van der Waals surface area contributed by atoms with Crippen molar-refractivity contribution in [2.75, 3.05) is 19.8 Å². The molecule has 1 amide bonds. The van der Waals surface area contributed by atoms with E-state index in [2.05, 4.69) is 19.2 Å². The molecule has 0 aromatic heterocycles. The second kappa shape index (κ2) is 45.0. The first-order valence-electron chi connectivity index (χ1n) is 25.2. The highest BCUT2D eigenvalue weighted by Crippen LogP contribution is 2.43. The van der Waals surface area contributed by atoms with Crippen LogP contribution in [0.3, 0.4) is 0 Å². The van der Waals surface area contributed by atoms with Gasteiger partial charge in [0.05, 0.1) is 25.4 Å². The molecule has 57 heavy (non-hydrogen) atoms. The number of rotatable bonds is 48. The second-order valence-corrected chi connectivity index (χ2v) is 18.8. The van der Waals surface area contributed by atoms with Gasteiger partial charge >= 0.3 is 7.82 Å². The third kappa shape index (κ3) is 43.4. The van der Waals surface area contributed by atoms with Crippen LogP contribution in [0.15, 0.2) is 0 Å². The normalized spacial score (nSPS) is 13.8. The van der Waals surface area contributed by atoms with E-state index >= 15 is 0 Å². The quantitative estimate of drug-likeness (QED) is 0.0355. The molecule has 5 N–H and O–H groups in total. The summed E-state index contributed by atoms with van der Waals surface area (Å²) in [7, 11) is -4.31. The topological polar surface area (TPSA) is 131 Å². The Balaban J connectivity index is 4.01. The maximum absolute atomic E-state index is 12.8. The molecule has 8 nitrogen and oxygen atoms in total. The summed E-state index contributed by atoms with van der Waals surface area (Å²) < 4.78 is 22.3. The van der Waals surface area contributed by atoms with Crippen LogP contribution in [0.2, 0.25) is 0 Å². The van der Waals surface area contributed by atoms with Gasteiger partial charge in [-0.1, -0.05) is 251 Å². The number of phosphoric ester groups is 1. The summed E-state index contributed by atoms with van der Waals surface area (Å²) in [5, 5.41) is 13.9. The summed E-state index contributed by atoms with van der Waals surface area (Å²) in [5.41, 5.74) is 5.40. The van der Waals surface area contributed by atoms with Gasteiger partial charge in [0.25, 0.3) is 0 Å². The van der Waals surface area contributed by atoms with Gasteiger partial charge in [-0.05, 0) is 12.8 Å². The Morgan fingerprint density at radius 1 is 0.509 bits per heavy atom. The Labute approximate surface area is 354 Å². The van der Waals surface area contributed by atoms with Gasteiger partial charge < -0.3 is 21.1 Å². The fraction of sp³-hybridized carbons (Fsp3) is 0.979. The lowest BCUT2D eigenvalue weighted by molar-refractivity contribution is -0.123. The maximum atomic E-state index is 12.8. The minimum atomic E-state index is -4.31.